The Labute approximate surface area is 212 Å². The summed E-state index contributed by atoms with van der Waals surface area (Å²) in [6.07, 6.45) is 0. The van der Waals surface area contributed by atoms with Gasteiger partial charge in [0, 0.05) is 0 Å². The summed E-state index contributed by atoms with van der Waals surface area (Å²) in [4.78, 5) is 0. The molecule has 0 spiro atoms. The van der Waals surface area contributed by atoms with Crippen molar-refractivity contribution in [2.24, 2.45) is 0 Å². The average molecular weight is 661 g/mol. The van der Waals surface area contributed by atoms with Crippen LogP contribution in [0.1, 0.15) is 34.6 Å². The van der Waals surface area contributed by atoms with Crippen LogP contribution in [0, 0.1) is 29.6 Å². The summed E-state index contributed by atoms with van der Waals surface area (Å²) >= 11 is -0.556. The molecule has 1 aliphatic carbocycles. The quantitative estimate of drug-likeness (QED) is 0.252. The molecule has 5 radical (unpaired) electrons. The van der Waals surface area contributed by atoms with Crippen molar-refractivity contribution in [3.8, 4) is 0 Å². The summed E-state index contributed by atoms with van der Waals surface area (Å²) in [5.74, 6) is 7.34. The minimum absolute atomic E-state index is 0.446. The van der Waals surface area contributed by atoms with Crippen molar-refractivity contribution in [1.82, 2.24) is 0 Å². The van der Waals surface area contributed by atoms with Crippen LogP contribution in [-0.2, 0) is 15.7 Å². The van der Waals surface area contributed by atoms with E-state index in [0.717, 1.165) is 0 Å². The number of hydrogen-bond donors (Lipinski definition) is 0. The van der Waals surface area contributed by atoms with Gasteiger partial charge in [-0.25, -0.2) is 0 Å². The van der Waals surface area contributed by atoms with Gasteiger partial charge in [0.15, 0.2) is 0 Å². The molecule has 0 bridgehead atoms. The van der Waals surface area contributed by atoms with Crippen LogP contribution in [0.2, 0.25) is 0 Å². The van der Waals surface area contributed by atoms with Gasteiger partial charge in [-0.1, -0.05) is 126 Å². The molecule has 4 heteroatoms. The first kappa shape index (κ1) is 27.6. The number of benzene rings is 3. The van der Waals surface area contributed by atoms with Gasteiger partial charge in [0.1, 0.15) is 0 Å². The molecule has 0 nitrogen and oxygen atoms in total. The van der Waals surface area contributed by atoms with Crippen molar-refractivity contribution in [2.75, 3.05) is 0 Å². The molecule has 0 saturated heterocycles. The molecule has 3 aromatic rings. The van der Waals surface area contributed by atoms with Gasteiger partial charge >= 0.3 is 34.8 Å². The van der Waals surface area contributed by atoms with Gasteiger partial charge in [0.05, 0.1) is 0 Å². The van der Waals surface area contributed by atoms with E-state index in [4.69, 9.17) is 19.2 Å². The second-order valence-electron chi connectivity index (χ2n) is 7.51. The number of hydrogen-bond acceptors (Lipinski definition) is 0. The largest absolute Gasteiger partial charge is 0.0622 e. The zero-order valence-electron chi connectivity index (χ0n) is 19.2. The van der Waals surface area contributed by atoms with E-state index in [1.165, 1.54) is 45.5 Å². The predicted octanol–water partition coefficient (Wildman–Crippen LogP) is 7.79. The minimum Gasteiger partial charge on any atom is -0.0622 e. The Morgan fingerprint density at radius 1 is 0.438 bits per heavy atom. The van der Waals surface area contributed by atoms with Crippen molar-refractivity contribution in [3.05, 3.63) is 121 Å². The van der Waals surface area contributed by atoms with Gasteiger partial charge in [-0.15, -0.1) is 0 Å². The van der Waals surface area contributed by atoms with Crippen molar-refractivity contribution in [3.63, 3.8) is 0 Å². The maximum Gasteiger partial charge on any atom is -0.0134 e. The van der Waals surface area contributed by atoms with Gasteiger partial charge in [-0.2, -0.15) is 0 Å². The molecule has 0 heterocycles. The maximum atomic E-state index is 4.89. The molecule has 0 amide bonds. The topological polar surface area (TPSA) is 0 Å². The molecule has 1 saturated carbocycles. The molecular formula is C28H30Cl2IrP+. The van der Waals surface area contributed by atoms with Crippen LogP contribution >= 0.6 is 27.1 Å². The molecule has 3 aromatic carbocycles. The normalized spacial score (nSPS) is 15.9. The molecule has 32 heavy (non-hydrogen) atoms. The van der Waals surface area contributed by atoms with E-state index in [9.17, 15) is 0 Å². The van der Waals surface area contributed by atoms with Crippen molar-refractivity contribution in [2.45, 2.75) is 34.6 Å². The summed E-state index contributed by atoms with van der Waals surface area (Å²) < 4.78 is 0. The Morgan fingerprint density at radius 2 is 0.625 bits per heavy atom. The number of halogens is 2. The fourth-order valence-corrected chi connectivity index (χ4v) is 5.89. The molecule has 0 aliphatic heterocycles. The summed E-state index contributed by atoms with van der Waals surface area (Å²) in [7, 11) is 9.33. The van der Waals surface area contributed by atoms with Gasteiger partial charge < -0.3 is 0 Å². The average Bonchev–Trinajstić information content (AvgIpc) is 3.00. The Balaban J connectivity index is 0.000000235. The molecule has 4 rings (SSSR count). The van der Waals surface area contributed by atoms with Gasteiger partial charge in [-0.05, 0) is 53.4 Å². The summed E-state index contributed by atoms with van der Waals surface area (Å²) in [6, 6.07) is 32.3. The van der Waals surface area contributed by atoms with E-state index in [1.54, 1.807) is 0 Å². The zero-order valence-corrected chi connectivity index (χ0v) is 24.0. The van der Waals surface area contributed by atoms with Crippen molar-refractivity contribution in [1.29, 1.82) is 0 Å². The van der Waals surface area contributed by atoms with E-state index in [1.807, 2.05) is 0 Å². The van der Waals surface area contributed by atoms with Crippen molar-refractivity contribution >= 4 is 43.0 Å². The van der Waals surface area contributed by atoms with E-state index in [0.29, 0.717) is 0 Å². The maximum absolute atomic E-state index is 4.89. The van der Waals surface area contributed by atoms with E-state index < -0.39 is 23.6 Å². The molecular weight excluding hydrogens is 630 g/mol. The third kappa shape index (κ3) is 7.68. The Bertz CT molecular complexity index is 737. The molecule has 0 aromatic heterocycles. The first-order chi connectivity index (χ1) is 15.4. The summed E-state index contributed by atoms with van der Waals surface area (Å²) in [5.41, 5.74) is 0. The standard InChI is InChI=1S/C18H15P.C10H15.2ClH.Ir/c1-4-10-16(11-5-1)19(17-12-6-2-7-13-17)18-14-8-3-9-15-18;1-6-7(2)9(4)10(5)8(6)3;;;/h1-15H;1-5H3;2*1H;/q;;;;+3/p-2. The molecule has 0 atom stereocenters. The van der Waals surface area contributed by atoms with E-state index >= 15 is 0 Å². The fraction of sp³-hybridized carbons (Fsp3) is 0.179. The summed E-state index contributed by atoms with van der Waals surface area (Å²) in [6.45, 7) is 11.0. The Morgan fingerprint density at radius 3 is 0.812 bits per heavy atom. The molecule has 0 unspecified atom stereocenters. The molecule has 1 aliphatic rings. The SMILES string of the molecule is C[C]1[C](C)[C](C)[C](C)[C]1C.[Cl][Ir+][Cl].c1ccc(P(c2ccccc2)c2ccccc2)cc1. The van der Waals surface area contributed by atoms with Gasteiger partial charge in [0.25, 0.3) is 0 Å². The van der Waals surface area contributed by atoms with Crippen molar-refractivity contribution < 1.29 is 15.7 Å². The van der Waals surface area contributed by atoms with E-state index in [-0.39, 0.29) is 0 Å². The van der Waals surface area contributed by atoms with Crippen LogP contribution in [0.4, 0.5) is 0 Å². The Kier molecular flexibility index (Phi) is 12.5. The molecule has 169 valence electrons. The molecule has 0 N–H and O–H groups in total. The van der Waals surface area contributed by atoms with Crippen LogP contribution in [0.25, 0.3) is 0 Å². The van der Waals surface area contributed by atoms with E-state index in [2.05, 4.69) is 126 Å². The van der Waals surface area contributed by atoms with Crippen LogP contribution in [-0.4, -0.2) is 0 Å². The van der Waals surface area contributed by atoms with Crippen LogP contribution < -0.4 is 15.9 Å². The Hall–Kier alpha value is -0.681. The first-order valence-corrected chi connectivity index (χ1v) is 17.7. The predicted molar refractivity (Wildman–Crippen MR) is 141 cm³/mol. The third-order valence-electron chi connectivity index (χ3n) is 5.86. The zero-order chi connectivity index (χ0) is 23.5. The molecule has 1 fully saturated rings. The first-order valence-electron chi connectivity index (χ1n) is 10.4. The second kappa shape index (κ2) is 14.6. The van der Waals surface area contributed by atoms with Crippen LogP contribution in [0.5, 0.6) is 0 Å². The second-order valence-corrected chi connectivity index (χ2v) is 13.2. The van der Waals surface area contributed by atoms with Gasteiger partial charge in [-0.3, -0.25) is 0 Å². The van der Waals surface area contributed by atoms with Crippen LogP contribution in [0.3, 0.4) is 0 Å². The van der Waals surface area contributed by atoms with Crippen LogP contribution in [0.15, 0.2) is 91.0 Å². The monoisotopic (exact) mass is 660 g/mol. The minimum atomic E-state index is -0.556. The third-order valence-corrected chi connectivity index (χ3v) is 8.30. The fourth-order valence-electron chi connectivity index (χ4n) is 3.58. The summed E-state index contributed by atoms with van der Waals surface area (Å²) in [5, 5.41) is 4.19. The smallest absolute Gasteiger partial charge is 0.0134 e. The van der Waals surface area contributed by atoms with Gasteiger partial charge in [0.2, 0.25) is 0 Å². The number of rotatable bonds is 3.